The van der Waals surface area contributed by atoms with Crippen LogP contribution in [-0.2, 0) is 13.5 Å². The van der Waals surface area contributed by atoms with E-state index in [-0.39, 0.29) is 0 Å². The highest BCUT2D eigenvalue weighted by molar-refractivity contribution is 5.56. The Kier molecular flexibility index (Phi) is 4.52. The van der Waals surface area contributed by atoms with Gasteiger partial charge in [0.1, 0.15) is 5.69 Å². The third-order valence-corrected chi connectivity index (χ3v) is 4.69. The van der Waals surface area contributed by atoms with Gasteiger partial charge in [-0.05, 0) is 52.1 Å². The quantitative estimate of drug-likeness (QED) is 0.870. The summed E-state index contributed by atoms with van der Waals surface area (Å²) in [6.07, 6.45) is 10.8. The molecule has 0 radical (unpaired) electrons. The van der Waals surface area contributed by atoms with Crippen molar-refractivity contribution in [3.63, 3.8) is 0 Å². The van der Waals surface area contributed by atoms with E-state index in [2.05, 4.69) is 33.7 Å². The summed E-state index contributed by atoms with van der Waals surface area (Å²) in [5, 5.41) is 0. The van der Waals surface area contributed by atoms with Crippen LogP contribution in [0, 0.1) is 5.92 Å². The molecule has 0 N–H and O–H groups in total. The summed E-state index contributed by atoms with van der Waals surface area (Å²) in [6, 6.07) is 0.655. The summed E-state index contributed by atoms with van der Waals surface area (Å²) in [5.74, 6) is 0.707. The Hall–Kier alpha value is -1.75. The molecule has 22 heavy (non-hydrogen) atoms. The summed E-state index contributed by atoms with van der Waals surface area (Å²) >= 11 is 0. The lowest BCUT2D eigenvalue weighted by atomic mass is 9.90. The number of imidazole rings is 1. The molecule has 118 valence electrons. The van der Waals surface area contributed by atoms with Crippen LogP contribution in [0.4, 0.5) is 0 Å². The van der Waals surface area contributed by atoms with Gasteiger partial charge in [-0.2, -0.15) is 0 Å². The lowest BCUT2D eigenvalue weighted by molar-refractivity contribution is 0.149. The summed E-state index contributed by atoms with van der Waals surface area (Å²) in [7, 11) is 2.00. The molecular formula is C17H25N5. The first kappa shape index (κ1) is 15.2. The van der Waals surface area contributed by atoms with Gasteiger partial charge in [0, 0.05) is 25.5 Å². The zero-order valence-corrected chi connectivity index (χ0v) is 13.7. The Bertz CT molecular complexity index is 611. The molecular weight excluding hydrogens is 274 g/mol. The van der Waals surface area contributed by atoms with Gasteiger partial charge in [-0.3, -0.25) is 9.97 Å². The zero-order chi connectivity index (χ0) is 15.5. The van der Waals surface area contributed by atoms with Gasteiger partial charge in [0.25, 0.3) is 0 Å². The molecule has 3 heterocycles. The second-order valence-electron chi connectivity index (χ2n) is 6.52. The number of rotatable bonds is 4. The first-order chi connectivity index (χ1) is 10.6. The molecule has 0 spiro atoms. The number of hydrogen-bond acceptors (Lipinski definition) is 4. The van der Waals surface area contributed by atoms with Crippen LogP contribution in [0.2, 0.25) is 0 Å². The number of piperidine rings is 1. The standard InChI is InChI=1S/C17H25N5/c1-13(2)22-8-4-14(5-9-22)10-15-17(20-7-6-19-15)16-11-18-12-21(16)3/h6-7,11-14H,4-5,8-10H2,1-3H3. The number of nitrogens with zero attached hydrogens (tertiary/aromatic N) is 5. The van der Waals surface area contributed by atoms with Crippen molar-refractivity contribution in [2.24, 2.45) is 13.0 Å². The highest BCUT2D eigenvalue weighted by Gasteiger charge is 2.23. The minimum absolute atomic E-state index is 0.655. The van der Waals surface area contributed by atoms with Gasteiger partial charge in [-0.15, -0.1) is 0 Å². The zero-order valence-electron chi connectivity index (χ0n) is 13.7. The molecule has 1 fully saturated rings. The first-order valence-corrected chi connectivity index (χ1v) is 8.15. The largest absolute Gasteiger partial charge is 0.332 e. The van der Waals surface area contributed by atoms with Gasteiger partial charge in [-0.1, -0.05) is 0 Å². The summed E-state index contributed by atoms with van der Waals surface area (Å²) in [5.41, 5.74) is 3.13. The van der Waals surface area contributed by atoms with E-state index in [4.69, 9.17) is 0 Å². The maximum Gasteiger partial charge on any atom is 0.110 e. The number of hydrogen-bond donors (Lipinski definition) is 0. The van der Waals surface area contributed by atoms with E-state index in [1.165, 1.54) is 25.9 Å². The average Bonchev–Trinajstić information content (AvgIpc) is 2.94. The molecule has 2 aromatic heterocycles. The Morgan fingerprint density at radius 1 is 1.18 bits per heavy atom. The molecule has 0 aromatic carbocycles. The molecule has 0 atom stereocenters. The summed E-state index contributed by atoms with van der Waals surface area (Å²) in [6.45, 7) is 6.96. The molecule has 1 aliphatic rings. The molecule has 2 aromatic rings. The topological polar surface area (TPSA) is 46.8 Å². The predicted molar refractivity (Wildman–Crippen MR) is 87.4 cm³/mol. The van der Waals surface area contributed by atoms with E-state index < -0.39 is 0 Å². The normalized spacial score (nSPS) is 17.3. The van der Waals surface area contributed by atoms with Crippen molar-refractivity contribution in [1.82, 2.24) is 24.4 Å². The molecule has 0 unspecified atom stereocenters. The highest BCUT2D eigenvalue weighted by Crippen LogP contribution is 2.26. The third kappa shape index (κ3) is 3.19. The van der Waals surface area contributed by atoms with E-state index >= 15 is 0 Å². The van der Waals surface area contributed by atoms with Crippen LogP contribution >= 0.6 is 0 Å². The molecule has 0 saturated carbocycles. The van der Waals surface area contributed by atoms with Crippen molar-refractivity contribution in [3.8, 4) is 11.4 Å². The minimum atomic E-state index is 0.655. The van der Waals surface area contributed by atoms with Crippen LogP contribution in [0.15, 0.2) is 24.9 Å². The fourth-order valence-corrected chi connectivity index (χ4v) is 3.26. The molecule has 5 heteroatoms. The summed E-state index contributed by atoms with van der Waals surface area (Å²) in [4.78, 5) is 15.9. The molecule has 1 aliphatic heterocycles. The number of aromatic nitrogens is 4. The number of likely N-dealkylation sites (tertiary alicyclic amines) is 1. The minimum Gasteiger partial charge on any atom is -0.332 e. The van der Waals surface area contributed by atoms with E-state index in [0.29, 0.717) is 12.0 Å². The van der Waals surface area contributed by atoms with Crippen molar-refractivity contribution in [3.05, 3.63) is 30.6 Å². The fraction of sp³-hybridized carbons (Fsp3) is 0.588. The van der Waals surface area contributed by atoms with Crippen LogP contribution in [0.1, 0.15) is 32.4 Å². The van der Waals surface area contributed by atoms with Crippen LogP contribution in [0.3, 0.4) is 0 Å². The first-order valence-electron chi connectivity index (χ1n) is 8.15. The fourth-order valence-electron chi connectivity index (χ4n) is 3.26. The highest BCUT2D eigenvalue weighted by atomic mass is 15.1. The molecule has 0 aliphatic carbocycles. The van der Waals surface area contributed by atoms with Gasteiger partial charge in [0.15, 0.2) is 0 Å². The van der Waals surface area contributed by atoms with E-state index in [1.807, 2.05) is 24.1 Å². The Labute approximate surface area is 132 Å². The van der Waals surface area contributed by atoms with Gasteiger partial charge in [-0.25, -0.2) is 4.98 Å². The Morgan fingerprint density at radius 2 is 1.91 bits per heavy atom. The van der Waals surface area contributed by atoms with Crippen molar-refractivity contribution in [2.45, 2.75) is 39.2 Å². The second kappa shape index (κ2) is 6.57. The Balaban J connectivity index is 1.73. The monoisotopic (exact) mass is 299 g/mol. The molecule has 3 rings (SSSR count). The van der Waals surface area contributed by atoms with Crippen LogP contribution in [0.5, 0.6) is 0 Å². The van der Waals surface area contributed by atoms with Crippen LogP contribution in [0.25, 0.3) is 11.4 Å². The molecule has 1 saturated heterocycles. The maximum absolute atomic E-state index is 4.61. The third-order valence-electron chi connectivity index (χ3n) is 4.69. The van der Waals surface area contributed by atoms with E-state index in [0.717, 1.165) is 23.5 Å². The molecule has 0 amide bonds. The lowest BCUT2D eigenvalue weighted by Gasteiger charge is -2.34. The molecule has 0 bridgehead atoms. The second-order valence-corrected chi connectivity index (χ2v) is 6.52. The van der Waals surface area contributed by atoms with Gasteiger partial charge in [0.2, 0.25) is 0 Å². The van der Waals surface area contributed by atoms with Crippen molar-refractivity contribution >= 4 is 0 Å². The molecule has 5 nitrogen and oxygen atoms in total. The lowest BCUT2D eigenvalue weighted by Crippen LogP contribution is -2.38. The van der Waals surface area contributed by atoms with Crippen molar-refractivity contribution < 1.29 is 0 Å². The maximum atomic E-state index is 4.61. The average molecular weight is 299 g/mol. The van der Waals surface area contributed by atoms with Crippen LogP contribution in [-0.4, -0.2) is 43.6 Å². The Morgan fingerprint density at radius 3 is 2.55 bits per heavy atom. The predicted octanol–water partition coefficient (Wildman–Crippen LogP) is 2.54. The SMILES string of the molecule is CC(C)N1CCC(Cc2nccnc2-c2cncn2C)CC1. The van der Waals surface area contributed by atoms with Crippen molar-refractivity contribution in [1.29, 1.82) is 0 Å². The van der Waals surface area contributed by atoms with E-state index in [1.54, 1.807) is 12.4 Å². The van der Waals surface area contributed by atoms with Gasteiger partial charge >= 0.3 is 0 Å². The van der Waals surface area contributed by atoms with Gasteiger partial charge < -0.3 is 9.47 Å². The number of aryl methyl sites for hydroxylation is 1. The van der Waals surface area contributed by atoms with Crippen LogP contribution < -0.4 is 0 Å². The smallest absolute Gasteiger partial charge is 0.110 e. The summed E-state index contributed by atoms with van der Waals surface area (Å²) < 4.78 is 2.01. The van der Waals surface area contributed by atoms with Gasteiger partial charge in [0.05, 0.1) is 23.9 Å². The van der Waals surface area contributed by atoms with Crippen molar-refractivity contribution in [2.75, 3.05) is 13.1 Å². The van der Waals surface area contributed by atoms with E-state index in [9.17, 15) is 0 Å².